The van der Waals surface area contributed by atoms with Crippen molar-refractivity contribution in [3.05, 3.63) is 53.9 Å². The summed E-state index contributed by atoms with van der Waals surface area (Å²) in [6, 6.07) is 10.1. The molecule has 2 atom stereocenters. The van der Waals surface area contributed by atoms with Gasteiger partial charge in [0.05, 0.1) is 18.8 Å². The predicted molar refractivity (Wildman–Crippen MR) is 98.1 cm³/mol. The Hall–Kier alpha value is -2.51. The molecule has 1 aromatic heterocycles. The highest BCUT2D eigenvalue weighted by atomic mass is 16.5. The lowest BCUT2D eigenvalue weighted by Gasteiger charge is -2.26. The predicted octanol–water partition coefficient (Wildman–Crippen LogP) is 0.880. The van der Waals surface area contributed by atoms with Gasteiger partial charge in [0.2, 0.25) is 5.95 Å². The summed E-state index contributed by atoms with van der Waals surface area (Å²) in [6.45, 7) is 4.06. The molecule has 3 heterocycles. The number of morpholine rings is 1. The van der Waals surface area contributed by atoms with Crippen molar-refractivity contribution < 1.29 is 9.53 Å². The number of anilines is 1. The maximum atomic E-state index is 12.8. The summed E-state index contributed by atoms with van der Waals surface area (Å²) in [4.78, 5) is 25.4. The smallest absolute Gasteiger partial charge is 0.257 e. The van der Waals surface area contributed by atoms with Gasteiger partial charge in [0.25, 0.3) is 5.91 Å². The molecule has 1 aromatic carbocycles. The first-order chi connectivity index (χ1) is 12.7. The van der Waals surface area contributed by atoms with Gasteiger partial charge in [-0.3, -0.25) is 4.79 Å². The van der Waals surface area contributed by atoms with Crippen molar-refractivity contribution in [2.75, 3.05) is 44.3 Å². The van der Waals surface area contributed by atoms with Gasteiger partial charge in [0.15, 0.2) is 0 Å². The largest absolute Gasteiger partial charge is 0.378 e. The van der Waals surface area contributed by atoms with Gasteiger partial charge < -0.3 is 20.3 Å². The number of nitrogens with zero attached hydrogens (tertiary/aromatic N) is 4. The third kappa shape index (κ3) is 3.40. The second kappa shape index (κ2) is 7.39. The van der Waals surface area contributed by atoms with Crippen LogP contribution in [0, 0.1) is 0 Å². The highest BCUT2D eigenvalue weighted by Gasteiger charge is 2.34. The number of carbonyl (C=O) groups is 1. The van der Waals surface area contributed by atoms with Gasteiger partial charge in [-0.1, -0.05) is 30.3 Å². The summed E-state index contributed by atoms with van der Waals surface area (Å²) in [5, 5.41) is 0. The second-order valence-electron chi connectivity index (χ2n) is 6.76. The van der Waals surface area contributed by atoms with Crippen molar-refractivity contribution in [2.45, 2.75) is 12.0 Å². The number of amides is 1. The maximum absolute atomic E-state index is 12.8. The van der Waals surface area contributed by atoms with Crippen LogP contribution in [0.2, 0.25) is 0 Å². The molecular formula is C19H23N5O2. The van der Waals surface area contributed by atoms with Gasteiger partial charge in [0.1, 0.15) is 0 Å². The Morgan fingerprint density at radius 2 is 1.77 bits per heavy atom. The highest BCUT2D eigenvalue weighted by Crippen LogP contribution is 2.27. The molecular weight excluding hydrogens is 330 g/mol. The lowest BCUT2D eigenvalue weighted by molar-refractivity contribution is 0.0788. The standard InChI is InChI=1S/C19H23N5O2/c20-17-13-24(12-16(17)14-4-2-1-3-5-14)18(25)15-10-21-19(22-11-15)23-6-8-26-9-7-23/h1-5,10-11,16-17H,6-9,12-13,20H2/t16-,17+/m0/s1. The molecule has 1 amide bonds. The van der Waals surface area contributed by atoms with Crippen molar-refractivity contribution in [1.82, 2.24) is 14.9 Å². The van der Waals surface area contributed by atoms with E-state index in [9.17, 15) is 4.79 Å². The molecule has 0 bridgehead atoms. The Labute approximate surface area is 152 Å². The summed E-state index contributed by atoms with van der Waals surface area (Å²) in [5.41, 5.74) is 7.97. The van der Waals surface area contributed by atoms with E-state index >= 15 is 0 Å². The minimum Gasteiger partial charge on any atom is -0.378 e. The number of hydrogen-bond acceptors (Lipinski definition) is 6. The maximum Gasteiger partial charge on any atom is 0.257 e. The SMILES string of the molecule is N[C@@H]1CN(C(=O)c2cnc(N3CCOCC3)nc2)C[C@H]1c1ccccc1. The molecule has 2 saturated heterocycles. The third-order valence-corrected chi connectivity index (χ3v) is 5.06. The molecule has 0 spiro atoms. The van der Waals surface area contributed by atoms with Crippen LogP contribution < -0.4 is 10.6 Å². The molecule has 4 rings (SSSR count). The second-order valence-corrected chi connectivity index (χ2v) is 6.76. The van der Waals surface area contributed by atoms with E-state index in [1.807, 2.05) is 18.2 Å². The molecule has 26 heavy (non-hydrogen) atoms. The molecule has 2 aliphatic rings. The lowest BCUT2D eigenvalue weighted by atomic mass is 9.95. The highest BCUT2D eigenvalue weighted by molar-refractivity contribution is 5.94. The summed E-state index contributed by atoms with van der Waals surface area (Å²) in [6.07, 6.45) is 3.23. The molecule has 0 saturated carbocycles. The number of benzene rings is 1. The summed E-state index contributed by atoms with van der Waals surface area (Å²) < 4.78 is 5.34. The molecule has 2 aromatic rings. The van der Waals surface area contributed by atoms with Crippen LogP contribution in [0.15, 0.2) is 42.7 Å². The van der Waals surface area contributed by atoms with E-state index in [-0.39, 0.29) is 17.9 Å². The zero-order valence-electron chi connectivity index (χ0n) is 14.6. The van der Waals surface area contributed by atoms with Crippen molar-refractivity contribution in [3.8, 4) is 0 Å². The van der Waals surface area contributed by atoms with E-state index in [0.29, 0.717) is 37.8 Å². The first-order valence-corrected chi connectivity index (χ1v) is 8.97. The Morgan fingerprint density at radius 3 is 2.46 bits per heavy atom. The van der Waals surface area contributed by atoms with E-state index in [4.69, 9.17) is 10.5 Å². The number of ether oxygens (including phenoxy) is 1. The number of likely N-dealkylation sites (tertiary alicyclic amines) is 1. The summed E-state index contributed by atoms with van der Waals surface area (Å²) >= 11 is 0. The fourth-order valence-electron chi connectivity index (χ4n) is 3.59. The summed E-state index contributed by atoms with van der Waals surface area (Å²) in [5.74, 6) is 0.742. The van der Waals surface area contributed by atoms with E-state index in [2.05, 4.69) is 27.0 Å². The Kier molecular flexibility index (Phi) is 4.81. The average Bonchev–Trinajstić information content (AvgIpc) is 3.10. The van der Waals surface area contributed by atoms with Crippen LogP contribution in [0.1, 0.15) is 21.8 Å². The number of rotatable bonds is 3. The van der Waals surface area contributed by atoms with E-state index in [1.54, 1.807) is 17.3 Å². The normalized spacial score (nSPS) is 23.3. The van der Waals surface area contributed by atoms with Crippen LogP contribution in [0.4, 0.5) is 5.95 Å². The number of aromatic nitrogens is 2. The fourth-order valence-corrected chi connectivity index (χ4v) is 3.59. The Balaban J connectivity index is 1.44. The molecule has 0 radical (unpaired) electrons. The van der Waals surface area contributed by atoms with Crippen LogP contribution in [-0.4, -0.2) is 66.2 Å². The number of nitrogens with two attached hydrogens (primary N) is 1. The van der Waals surface area contributed by atoms with Crippen LogP contribution in [-0.2, 0) is 4.74 Å². The van der Waals surface area contributed by atoms with Gasteiger partial charge >= 0.3 is 0 Å². The average molecular weight is 353 g/mol. The van der Waals surface area contributed by atoms with Crippen LogP contribution >= 0.6 is 0 Å². The zero-order chi connectivity index (χ0) is 17.9. The molecule has 2 aliphatic heterocycles. The molecule has 2 fully saturated rings. The minimum atomic E-state index is -0.0626. The Morgan fingerprint density at radius 1 is 1.08 bits per heavy atom. The summed E-state index contributed by atoms with van der Waals surface area (Å²) in [7, 11) is 0. The van der Waals surface area contributed by atoms with Crippen LogP contribution in [0.25, 0.3) is 0 Å². The van der Waals surface area contributed by atoms with Gasteiger partial charge in [-0.2, -0.15) is 0 Å². The quantitative estimate of drug-likeness (QED) is 0.882. The van der Waals surface area contributed by atoms with Crippen LogP contribution in [0.3, 0.4) is 0 Å². The van der Waals surface area contributed by atoms with Gasteiger partial charge in [-0.05, 0) is 5.56 Å². The van der Waals surface area contributed by atoms with Crippen LogP contribution in [0.5, 0.6) is 0 Å². The molecule has 0 unspecified atom stereocenters. The zero-order valence-corrected chi connectivity index (χ0v) is 14.6. The topological polar surface area (TPSA) is 84.6 Å². The Bertz CT molecular complexity index is 746. The molecule has 136 valence electrons. The molecule has 2 N–H and O–H groups in total. The van der Waals surface area contributed by atoms with E-state index in [0.717, 1.165) is 13.1 Å². The van der Waals surface area contributed by atoms with Crippen molar-refractivity contribution in [3.63, 3.8) is 0 Å². The first-order valence-electron chi connectivity index (χ1n) is 8.97. The van der Waals surface area contributed by atoms with Crippen molar-refractivity contribution in [1.29, 1.82) is 0 Å². The monoisotopic (exact) mass is 353 g/mol. The molecule has 0 aliphatic carbocycles. The number of hydrogen-bond donors (Lipinski definition) is 1. The van der Waals surface area contributed by atoms with Gasteiger partial charge in [-0.15, -0.1) is 0 Å². The lowest BCUT2D eigenvalue weighted by Crippen LogP contribution is -2.37. The third-order valence-electron chi connectivity index (χ3n) is 5.06. The molecule has 7 nitrogen and oxygen atoms in total. The van der Waals surface area contributed by atoms with E-state index < -0.39 is 0 Å². The van der Waals surface area contributed by atoms with Gasteiger partial charge in [-0.25, -0.2) is 9.97 Å². The first kappa shape index (κ1) is 16.9. The van der Waals surface area contributed by atoms with Gasteiger partial charge in [0, 0.05) is 50.5 Å². The minimum absolute atomic E-state index is 0.0603. The van der Waals surface area contributed by atoms with Crippen molar-refractivity contribution in [2.24, 2.45) is 5.73 Å². The number of carbonyl (C=O) groups excluding carboxylic acids is 1. The van der Waals surface area contributed by atoms with Crippen molar-refractivity contribution >= 4 is 11.9 Å². The van der Waals surface area contributed by atoms with E-state index in [1.165, 1.54) is 5.56 Å². The molecule has 7 heteroatoms. The fraction of sp³-hybridized carbons (Fsp3) is 0.421.